The van der Waals surface area contributed by atoms with E-state index >= 15 is 0 Å². The molecule has 0 spiro atoms. The molecule has 0 radical (unpaired) electrons. The van der Waals surface area contributed by atoms with Gasteiger partial charge in [-0.1, -0.05) is 12.8 Å². The van der Waals surface area contributed by atoms with Gasteiger partial charge in [0, 0.05) is 17.6 Å². The van der Waals surface area contributed by atoms with Crippen LogP contribution in [0.1, 0.15) is 36.0 Å². The average Bonchev–Trinajstić information content (AvgIpc) is 2.89. The van der Waals surface area contributed by atoms with Gasteiger partial charge in [0.15, 0.2) is 11.6 Å². The second-order valence-electron chi connectivity index (χ2n) is 5.64. The molecule has 0 heterocycles. The minimum absolute atomic E-state index is 0.0196. The molecule has 0 aliphatic heterocycles. The third-order valence-corrected chi connectivity index (χ3v) is 4.24. The lowest BCUT2D eigenvalue weighted by molar-refractivity contribution is 0.0899. The van der Waals surface area contributed by atoms with Gasteiger partial charge in [-0.05, 0) is 45.1 Å². The molecule has 1 aromatic carbocycles. The fourth-order valence-corrected chi connectivity index (χ4v) is 2.80. The van der Waals surface area contributed by atoms with E-state index in [1.54, 1.807) is 0 Å². The molecule has 0 aromatic heterocycles. The lowest BCUT2D eigenvalue weighted by Gasteiger charge is -2.36. The molecule has 1 N–H and O–H groups in total. The normalized spacial score (nSPS) is 17.4. The number of nitrogens with one attached hydrogen (secondary N) is 1. The summed E-state index contributed by atoms with van der Waals surface area (Å²) in [6.45, 7) is 0.526. The maximum atomic E-state index is 13.1. The zero-order valence-corrected chi connectivity index (χ0v) is 11.9. The highest BCUT2D eigenvalue weighted by Crippen LogP contribution is 2.33. The van der Waals surface area contributed by atoms with Gasteiger partial charge >= 0.3 is 0 Å². The minimum atomic E-state index is -0.999. The van der Waals surface area contributed by atoms with Crippen LogP contribution >= 0.6 is 0 Å². The molecule has 1 aromatic rings. The van der Waals surface area contributed by atoms with Crippen molar-refractivity contribution in [2.45, 2.75) is 31.2 Å². The van der Waals surface area contributed by atoms with Crippen LogP contribution in [0.15, 0.2) is 18.2 Å². The molecule has 0 atom stereocenters. The molecular formula is C15H20F2N2O. The van der Waals surface area contributed by atoms with Crippen molar-refractivity contribution in [1.29, 1.82) is 0 Å². The fourth-order valence-electron chi connectivity index (χ4n) is 2.80. The second kappa shape index (κ2) is 5.87. The molecule has 1 aliphatic carbocycles. The van der Waals surface area contributed by atoms with Crippen LogP contribution in [-0.4, -0.2) is 37.0 Å². The number of carbonyl (C=O) groups excluding carboxylic acids is 1. The average molecular weight is 282 g/mol. The molecule has 1 aliphatic rings. The van der Waals surface area contributed by atoms with Crippen molar-refractivity contribution >= 4 is 5.91 Å². The zero-order chi connectivity index (χ0) is 14.8. The molecule has 1 amide bonds. The van der Waals surface area contributed by atoms with E-state index < -0.39 is 11.6 Å². The summed E-state index contributed by atoms with van der Waals surface area (Å²) in [5, 5.41) is 2.84. The Balaban J connectivity index is 2.02. The quantitative estimate of drug-likeness (QED) is 0.920. The number of hydrogen-bond donors (Lipinski definition) is 1. The molecule has 0 saturated heterocycles. The first kappa shape index (κ1) is 14.9. The molecule has 20 heavy (non-hydrogen) atoms. The number of carbonyl (C=O) groups is 1. The van der Waals surface area contributed by atoms with E-state index in [-0.39, 0.29) is 17.0 Å². The fraction of sp³-hybridized carbons (Fsp3) is 0.533. The van der Waals surface area contributed by atoms with Crippen LogP contribution in [0.4, 0.5) is 8.78 Å². The lowest BCUT2D eigenvalue weighted by atomic mass is 9.96. The van der Waals surface area contributed by atoms with Crippen LogP contribution in [0, 0.1) is 11.6 Å². The molecule has 5 heteroatoms. The summed E-state index contributed by atoms with van der Waals surface area (Å²) in [5.41, 5.74) is 0.129. The summed E-state index contributed by atoms with van der Waals surface area (Å²) in [5.74, 6) is -2.31. The van der Waals surface area contributed by atoms with Gasteiger partial charge in [0.1, 0.15) is 0 Å². The number of benzene rings is 1. The third kappa shape index (κ3) is 2.98. The Hall–Kier alpha value is -1.49. The van der Waals surface area contributed by atoms with Crippen LogP contribution in [0.5, 0.6) is 0 Å². The van der Waals surface area contributed by atoms with Crippen LogP contribution < -0.4 is 5.32 Å². The van der Waals surface area contributed by atoms with Crippen molar-refractivity contribution < 1.29 is 13.6 Å². The van der Waals surface area contributed by atoms with Crippen LogP contribution in [0.3, 0.4) is 0 Å². The highest BCUT2D eigenvalue weighted by Gasteiger charge is 2.36. The Bertz CT molecular complexity index is 497. The summed E-state index contributed by atoms with van der Waals surface area (Å²) >= 11 is 0. The summed E-state index contributed by atoms with van der Waals surface area (Å²) in [6.07, 6.45) is 4.38. The van der Waals surface area contributed by atoms with E-state index in [0.29, 0.717) is 6.54 Å². The molecule has 3 nitrogen and oxygen atoms in total. The zero-order valence-electron chi connectivity index (χ0n) is 11.9. The molecule has 0 bridgehead atoms. The van der Waals surface area contributed by atoms with Crippen molar-refractivity contribution in [3.8, 4) is 0 Å². The first-order chi connectivity index (χ1) is 9.44. The van der Waals surface area contributed by atoms with Gasteiger partial charge in [-0.2, -0.15) is 0 Å². The van der Waals surface area contributed by atoms with Crippen molar-refractivity contribution in [1.82, 2.24) is 10.2 Å². The number of amides is 1. The number of halogens is 2. The Morgan fingerprint density at radius 3 is 2.45 bits per heavy atom. The van der Waals surface area contributed by atoms with Gasteiger partial charge in [-0.3, -0.25) is 4.79 Å². The van der Waals surface area contributed by atoms with E-state index in [1.165, 1.54) is 6.07 Å². The standard InChI is InChI=1S/C15H20F2N2O/c1-19(2)15(7-3-4-8-15)10-18-14(20)11-5-6-12(16)13(17)9-11/h5-6,9H,3-4,7-8,10H2,1-2H3,(H,18,20). The van der Waals surface area contributed by atoms with Crippen LogP contribution in [0.2, 0.25) is 0 Å². The molecular weight excluding hydrogens is 262 g/mol. The lowest BCUT2D eigenvalue weighted by Crippen LogP contribution is -2.50. The van der Waals surface area contributed by atoms with Crippen molar-refractivity contribution in [2.24, 2.45) is 0 Å². The predicted octanol–water partition coefficient (Wildman–Crippen LogP) is 2.57. The maximum Gasteiger partial charge on any atom is 0.251 e. The van der Waals surface area contributed by atoms with Gasteiger partial charge < -0.3 is 10.2 Å². The molecule has 110 valence electrons. The number of rotatable bonds is 4. The van der Waals surface area contributed by atoms with Crippen molar-refractivity contribution in [2.75, 3.05) is 20.6 Å². The minimum Gasteiger partial charge on any atom is -0.350 e. The van der Waals surface area contributed by atoms with Gasteiger partial charge in [-0.15, -0.1) is 0 Å². The number of hydrogen-bond acceptors (Lipinski definition) is 2. The van der Waals surface area contributed by atoms with Gasteiger partial charge in [0.2, 0.25) is 0 Å². The Labute approximate surface area is 118 Å². The highest BCUT2D eigenvalue weighted by molar-refractivity contribution is 5.94. The van der Waals surface area contributed by atoms with Crippen LogP contribution in [-0.2, 0) is 0 Å². The topological polar surface area (TPSA) is 32.3 Å². The first-order valence-electron chi connectivity index (χ1n) is 6.85. The third-order valence-electron chi connectivity index (χ3n) is 4.24. The van der Waals surface area contributed by atoms with E-state index in [1.807, 2.05) is 14.1 Å². The summed E-state index contributed by atoms with van der Waals surface area (Å²) in [6, 6.07) is 3.20. The SMILES string of the molecule is CN(C)C1(CNC(=O)c2ccc(F)c(F)c2)CCCC1. The Morgan fingerprint density at radius 2 is 1.90 bits per heavy atom. The molecule has 0 unspecified atom stereocenters. The van der Waals surface area contributed by atoms with E-state index in [2.05, 4.69) is 10.2 Å². The van der Waals surface area contributed by atoms with E-state index in [0.717, 1.165) is 37.8 Å². The Morgan fingerprint density at radius 1 is 1.25 bits per heavy atom. The maximum absolute atomic E-state index is 13.1. The van der Waals surface area contributed by atoms with E-state index in [4.69, 9.17) is 0 Å². The largest absolute Gasteiger partial charge is 0.350 e. The Kier molecular flexibility index (Phi) is 4.38. The van der Waals surface area contributed by atoms with Gasteiger partial charge in [0.25, 0.3) is 5.91 Å². The van der Waals surface area contributed by atoms with Crippen molar-refractivity contribution in [3.63, 3.8) is 0 Å². The van der Waals surface area contributed by atoms with Gasteiger partial charge in [-0.25, -0.2) is 8.78 Å². The van der Waals surface area contributed by atoms with Crippen LogP contribution in [0.25, 0.3) is 0 Å². The summed E-state index contributed by atoms with van der Waals surface area (Å²) < 4.78 is 26.0. The van der Waals surface area contributed by atoms with Gasteiger partial charge in [0.05, 0.1) is 0 Å². The number of nitrogens with zero attached hydrogens (tertiary/aromatic N) is 1. The predicted molar refractivity (Wildman–Crippen MR) is 73.6 cm³/mol. The summed E-state index contributed by atoms with van der Waals surface area (Å²) in [7, 11) is 4.02. The molecule has 2 rings (SSSR count). The summed E-state index contributed by atoms with van der Waals surface area (Å²) in [4.78, 5) is 14.2. The monoisotopic (exact) mass is 282 g/mol. The highest BCUT2D eigenvalue weighted by atomic mass is 19.2. The number of likely N-dealkylation sites (N-methyl/N-ethyl adjacent to an activating group) is 1. The van der Waals surface area contributed by atoms with E-state index in [9.17, 15) is 13.6 Å². The second-order valence-corrected chi connectivity index (χ2v) is 5.64. The molecule has 1 fully saturated rings. The van der Waals surface area contributed by atoms with Crippen molar-refractivity contribution in [3.05, 3.63) is 35.4 Å². The smallest absolute Gasteiger partial charge is 0.251 e. The first-order valence-corrected chi connectivity index (χ1v) is 6.85. The molecule has 1 saturated carbocycles.